The highest BCUT2D eigenvalue weighted by molar-refractivity contribution is 9.10. The third-order valence-electron chi connectivity index (χ3n) is 10.3. The molecular formula is C42H47BrN18. The fraction of sp³-hybridized carbons (Fsp3) is 0.333. The molecule has 0 aromatic carbocycles. The van der Waals surface area contributed by atoms with E-state index in [1.54, 1.807) is 43.6 Å². The summed E-state index contributed by atoms with van der Waals surface area (Å²) in [5, 5.41) is 10.4. The number of imidazole rings is 2. The summed E-state index contributed by atoms with van der Waals surface area (Å²) >= 11 is 3.20. The number of nitrogens with zero attached hydrogens (tertiary/aromatic N) is 15. The lowest BCUT2D eigenvalue weighted by Crippen LogP contribution is -2.27. The Balaban J connectivity index is 0.000000148. The number of pyridine rings is 2. The number of nitrogens with one attached hydrogen (secondary N) is 3. The van der Waals surface area contributed by atoms with Gasteiger partial charge >= 0.3 is 0 Å². The van der Waals surface area contributed by atoms with Gasteiger partial charge in [0.2, 0.25) is 0 Å². The summed E-state index contributed by atoms with van der Waals surface area (Å²) in [6.07, 6.45) is 16.1. The highest BCUT2D eigenvalue weighted by Gasteiger charge is 2.26. The summed E-state index contributed by atoms with van der Waals surface area (Å²) in [7, 11) is 0. The van der Waals surface area contributed by atoms with Crippen molar-refractivity contribution in [2.45, 2.75) is 65.7 Å². The Morgan fingerprint density at radius 2 is 1.21 bits per heavy atom. The van der Waals surface area contributed by atoms with Gasteiger partial charge in [0.15, 0.2) is 34.0 Å². The van der Waals surface area contributed by atoms with Gasteiger partial charge in [-0.25, -0.2) is 59.8 Å². The minimum Gasteiger partial charge on any atom is -0.364 e. The zero-order valence-corrected chi connectivity index (χ0v) is 36.1. The first-order valence-electron chi connectivity index (χ1n) is 20.3. The van der Waals surface area contributed by atoms with Crippen LogP contribution in [0, 0.1) is 13.8 Å². The number of hydrogen-bond acceptors (Lipinski definition) is 16. The van der Waals surface area contributed by atoms with Crippen LogP contribution in [0.2, 0.25) is 0 Å². The van der Waals surface area contributed by atoms with E-state index in [4.69, 9.17) is 9.97 Å². The first-order chi connectivity index (χ1) is 29.9. The molecule has 2 aliphatic heterocycles. The molecule has 0 bridgehead atoms. The van der Waals surface area contributed by atoms with Crippen molar-refractivity contribution in [1.82, 2.24) is 74.3 Å². The summed E-state index contributed by atoms with van der Waals surface area (Å²) in [4.78, 5) is 55.4. The summed E-state index contributed by atoms with van der Waals surface area (Å²) in [5.41, 5.74) is 4.96. The molecule has 0 amide bonds. The molecule has 8 aromatic rings. The first-order valence-corrected chi connectivity index (χ1v) is 21.1. The average molecular weight is 884 g/mol. The van der Waals surface area contributed by atoms with Crippen molar-refractivity contribution >= 4 is 55.7 Å². The zero-order chi connectivity index (χ0) is 42.1. The monoisotopic (exact) mass is 882 g/mol. The number of anilines is 3. The van der Waals surface area contributed by atoms with Gasteiger partial charge in [-0.1, -0.05) is 12.1 Å². The van der Waals surface area contributed by atoms with Gasteiger partial charge in [0, 0.05) is 82.0 Å². The normalized spacial score (nSPS) is 15.9. The second-order valence-corrected chi connectivity index (χ2v) is 15.2. The third kappa shape index (κ3) is 9.57. The highest BCUT2D eigenvalue weighted by atomic mass is 79.9. The van der Waals surface area contributed by atoms with Crippen molar-refractivity contribution < 1.29 is 0 Å². The smallest absolute Gasteiger partial charge is 0.165 e. The van der Waals surface area contributed by atoms with Crippen molar-refractivity contribution in [2.24, 2.45) is 0 Å². The van der Waals surface area contributed by atoms with Gasteiger partial charge < -0.3 is 30.0 Å². The maximum absolute atomic E-state index is 4.87. The molecular weight excluding hydrogens is 836 g/mol. The maximum Gasteiger partial charge on any atom is 0.165 e. The lowest BCUT2D eigenvalue weighted by molar-refractivity contribution is 0.781. The minimum atomic E-state index is 0.267. The van der Waals surface area contributed by atoms with Crippen LogP contribution >= 0.6 is 15.9 Å². The molecule has 2 atom stereocenters. The molecule has 2 aliphatic rings. The Morgan fingerprint density at radius 3 is 1.67 bits per heavy atom. The van der Waals surface area contributed by atoms with Crippen LogP contribution in [-0.2, 0) is 13.1 Å². The van der Waals surface area contributed by atoms with Crippen molar-refractivity contribution in [1.29, 1.82) is 0 Å². The standard InChI is InChI=1S/C21H23N9.C16H20N8.C5H4BrN/c1-3-30-20(15-10-23-14(2)24-11-15)28-18-19(25-13-26-21(18)30)27-16-7-9-29(12-16)17-6-4-5-8-22-17;1-3-24-15(11-6-18-10(2)19-7-11)23-13-14(20-9-21-16(13)24)22-12-4-5-17-8-12;6-5-3-1-2-4-7-5/h4-6,8,10-11,13,16H,3,7,9,12H2,1-2H3,(H,25,26,27);6-7,9,12,17H,3-5,8H2,1-2H3,(H,20,21,22);1-4H/t16-;12-;/m00./s1. The fourth-order valence-electron chi connectivity index (χ4n) is 7.27. The largest absolute Gasteiger partial charge is 0.364 e. The summed E-state index contributed by atoms with van der Waals surface area (Å²) in [6, 6.07) is 12.3. The molecule has 0 aliphatic carbocycles. The lowest BCUT2D eigenvalue weighted by atomic mass is 10.2. The van der Waals surface area contributed by atoms with Gasteiger partial charge in [-0.15, -0.1) is 0 Å². The van der Waals surface area contributed by atoms with E-state index in [0.717, 1.165) is 131 Å². The number of hydrogen-bond donors (Lipinski definition) is 3. The molecule has 61 heavy (non-hydrogen) atoms. The second-order valence-electron chi connectivity index (χ2n) is 14.4. The molecule has 2 fully saturated rings. The molecule has 10 rings (SSSR count). The quantitative estimate of drug-likeness (QED) is 0.144. The minimum absolute atomic E-state index is 0.267. The summed E-state index contributed by atoms with van der Waals surface area (Å²) < 4.78 is 5.03. The van der Waals surface area contributed by atoms with E-state index in [1.807, 2.05) is 56.4 Å². The number of rotatable bonds is 9. The van der Waals surface area contributed by atoms with Crippen LogP contribution in [0.25, 0.3) is 45.1 Å². The topological polar surface area (TPSA) is 204 Å². The van der Waals surface area contributed by atoms with Gasteiger partial charge in [0.05, 0.1) is 11.1 Å². The van der Waals surface area contributed by atoms with Gasteiger partial charge in [-0.2, -0.15) is 0 Å². The molecule has 0 radical (unpaired) electrons. The van der Waals surface area contributed by atoms with Crippen LogP contribution in [0.5, 0.6) is 0 Å². The molecule has 3 N–H and O–H groups in total. The van der Waals surface area contributed by atoms with Crippen molar-refractivity contribution in [3.8, 4) is 22.8 Å². The molecule has 8 aromatic heterocycles. The van der Waals surface area contributed by atoms with E-state index in [1.165, 1.54) is 0 Å². The first kappa shape index (κ1) is 41.1. The Morgan fingerprint density at radius 1 is 0.656 bits per heavy atom. The van der Waals surface area contributed by atoms with E-state index < -0.39 is 0 Å². The average Bonchev–Trinajstić information content (AvgIpc) is 4.12. The van der Waals surface area contributed by atoms with Gasteiger partial charge in [0.25, 0.3) is 0 Å². The Hall–Kier alpha value is -6.60. The van der Waals surface area contributed by atoms with Crippen molar-refractivity contribution in [3.05, 3.63) is 102 Å². The molecule has 10 heterocycles. The van der Waals surface area contributed by atoms with Gasteiger partial charge in [-0.3, -0.25) is 0 Å². The van der Waals surface area contributed by atoms with Crippen molar-refractivity contribution in [2.75, 3.05) is 41.7 Å². The Bertz CT molecular complexity index is 2650. The molecule has 0 spiro atoms. The molecule has 2 saturated heterocycles. The van der Waals surface area contributed by atoms with E-state index in [0.29, 0.717) is 6.04 Å². The van der Waals surface area contributed by atoms with Gasteiger partial charge in [0.1, 0.15) is 46.4 Å². The van der Waals surface area contributed by atoms with Crippen LogP contribution in [0.3, 0.4) is 0 Å². The second kappa shape index (κ2) is 19.2. The van der Waals surface area contributed by atoms with E-state index >= 15 is 0 Å². The lowest BCUT2D eigenvalue weighted by Gasteiger charge is -2.18. The molecule has 18 nitrogen and oxygen atoms in total. The van der Waals surface area contributed by atoms with Gasteiger partial charge in [-0.05, 0) is 87.3 Å². The maximum atomic E-state index is 4.87. The fourth-order valence-corrected chi connectivity index (χ4v) is 7.54. The number of halogens is 1. The number of fused-ring (bicyclic) bond motifs is 2. The highest BCUT2D eigenvalue weighted by Crippen LogP contribution is 2.29. The summed E-state index contributed by atoms with van der Waals surface area (Å²) in [5.74, 6) is 5.65. The molecule has 0 saturated carbocycles. The Labute approximate surface area is 361 Å². The van der Waals surface area contributed by atoms with E-state index in [-0.39, 0.29) is 6.04 Å². The molecule has 0 unspecified atom stereocenters. The summed E-state index contributed by atoms with van der Waals surface area (Å²) in [6.45, 7) is 13.2. The molecule has 19 heteroatoms. The van der Waals surface area contributed by atoms with Crippen molar-refractivity contribution in [3.63, 3.8) is 0 Å². The Kier molecular flexibility index (Phi) is 12.9. The predicted octanol–water partition coefficient (Wildman–Crippen LogP) is 5.93. The number of aryl methyl sites for hydroxylation is 4. The van der Waals surface area contributed by atoms with Crippen LogP contribution in [0.15, 0.2) is 90.8 Å². The van der Waals surface area contributed by atoms with Crippen LogP contribution < -0.4 is 20.9 Å². The predicted molar refractivity (Wildman–Crippen MR) is 239 cm³/mol. The van der Waals surface area contributed by atoms with Crippen LogP contribution in [0.4, 0.5) is 17.5 Å². The third-order valence-corrected chi connectivity index (χ3v) is 10.8. The van der Waals surface area contributed by atoms with E-state index in [2.05, 4.69) is 110 Å². The SMILES string of the molecule is Brc1ccccn1.CCn1c(-c2cnc(C)nc2)nc2c(N[C@H]3CCN(c4ccccn4)C3)ncnc21.CCn1c(-c2cnc(C)nc2)nc2c(N[C@H]3CCNC3)ncnc21. The zero-order valence-electron chi connectivity index (χ0n) is 34.5. The van der Waals surface area contributed by atoms with E-state index in [9.17, 15) is 0 Å². The van der Waals surface area contributed by atoms with Crippen LogP contribution in [0.1, 0.15) is 38.3 Å². The molecule has 312 valence electrons. The number of aromatic nitrogens is 14. The van der Waals surface area contributed by atoms with Crippen LogP contribution in [-0.4, -0.2) is 107 Å².